The molecule has 0 aliphatic carbocycles. The Hall–Kier alpha value is -3.93. The third kappa shape index (κ3) is 5.22. The summed E-state index contributed by atoms with van der Waals surface area (Å²) < 4.78 is 2.24. The fraction of sp³-hybridized carbons (Fsp3) is 0.297. The van der Waals surface area contributed by atoms with Crippen LogP contribution in [0.15, 0.2) is 72.8 Å². The molecule has 4 heterocycles. The minimum atomic E-state index is 0. The average molecular weight is 762 g/mol. The standard InChI is InChI=1S/C24H13N4.C13H24O2.Ir/c1-13-22-17-9-5-4-8-16(17)20-23-21(26-12-25-20)18-10-14-6-2-3-7-15(14)11-19(18)24(27-13)28(22)23;1-5-10(6-2)12(14)9-13(15)11(7-3)8-4;/h2-9,11-12H,1H3;9-11,14H,5-8H2,1-4H3;/q-1;;/b;12-9-;. The molecule has 3 aromatic carbocycles. The number of carbonyl (C=O) groups is 1. The molecule has 0 atom stereocenters. The monoisotopic (exact) mass is 762 g/mol. The molecule has 1 radical (unpaired) electrons. The molecule has 1 N–H and O–H groups in total. The van der Waals surface area contributed by atoms with Gasteiger partial charge in [-0.2, -0.15) is 0 Å². The van der Waals surface area contributed by atoms with Crippen molar-refractivity contribution in [2.24, 2.45) is 11.8 Å². The van der Waals surface area contributed by atoms with Crippen LogP contribution in [-0.2, 0) is 24.9 Å². The number of fused-ring (bicyclic) bond motifs is 7. The second kappa shape index (κ2) is 13.0. The van der Waals surface area contributed by atoms with Crippen LogP contribution in [0.25, 0.3) is 60.0 Å². The number of hydrogen-bond donors (Lipinski definition) is 1. The van der Waals surface area contributed by atoms with Crippen molar-refractivity contribution in [3.63, 3.8) is 0 Å². The van der Waals surface area contributed by atoms with E-state index in [9.17, 15) is 9.90 Å². The molecule has 7 heteroatoms. The fourth-order valence-corrected chi connectivity index (χ4v) is 6.42. The summed E-state index contributed by atoms with van der Waals surface area (Å²) in [4.78, 5) is 26.1. The van der Waals surface area contributed by atoms with E-state index in [0.717, 1.165) is 86.0 Å². The van der Waals surface area contributed by atoms with E-state index in [1.807, 2.05) is 33.8 Å². The Morgan fingerprint density at radius 3 is 2.20 bits per heavy atom. The number of aromatic nitrogens is 4. The molecule has 0 aliphatic heterocycles. The number of carbonyl (C=O) groups excluding carboxylic acids is 1. The van der Waals surface area contributed by atoms with Gasteiger partial charge in [0.2, 0.25) is 0 Å². The van der Waals surface area contributed by atoms with Crippen LogP contribution in [0.3, 0.4) is 0 Å². The van der Waals surface area contributed by atoms with Gasteiger partial charge in [-0.3, -0.25) is 9.78 Å². The number of pyridine rings is 2. The van der Waals surface area contributed by atoms with Gasteiger partial charge in [0, 0.05) is 54.3 Å². The molecule has 6 nitrogen and oxygen atoms in total. The van der Waals surface area contributed by atoms with Gasteiger partial charge >= 0.3 is 0 Å². The summed E-state index contributed by atoms with van der Waals surface area (Å²) in [5, 5.41) is 16.4. The van der Waals surface area contributed by atoms with Gasteiger partial charge in [0.05, 0.1) is 28.0 Å². The maximum Gasteiger partial charge on any atom is 0.162 e. The molecule has 7 aromatic rings. The second-order valence-electron chi connectivity index (χ2n) is 11.3. The maximum atomic E-state index is 11.7. The number of benzene rings is 3. The first-order chi connectivity index (χ1) is 20.9. The van der Waals surface area contributed by atoms with Crippen molar-refractivity contribution >= 4 is 65.8 Å². The zero-order chi connectivity index (χ0) is 30.2. The van der Waals surface area contributed by atoms with Crippen LogP contribution in [0.1, 0.15) is 59.1 Å². The Bertz CT molecular complexity index is 2140. The molecule has 4 aromatic heterocycles. The maximum absolute atomic E-state index is 11.7. The first-order valence-electron chi connectivity index (χ1n) is 15.4. The van der Waals surface area contributed by atoms with Crippen LogP contribution in [0.4, 0.5) is 0 Å². The summed E-state index contributed by atoms with van der Waals surface area (Å²) >= 11 is 0. The first kappa shape index (κ1) is 31.5. The van der Waals surface area contributed by atoms with E-state index in [0.29, 0.717) is 0 Å². The summed E-state index contributed by atoms with van der Waals surface area (Å²) in [5.74, 6) is 0.547. The van der Waals surface area contributed by atoms with Crippen molar-refractivity contribution in [3.8, 4) is 0 Å². The van der Waals surface area contributed by atoms with E-state index in [2.05, 4.69) is 70.9 Å². The molecule has 0 saturated carbocycles. The Morgan fingerprint density at radius 1 is 0.864 bits per heavy atom. The molecule has 7 rings (SSSR count). The van der Waals surface area contributed by atoms with Crippen LogP contribution in [0.5, 0.6) is 0 Å². The normalized spacial score (nSPS) is 12.2. The topological polar surface area (TPSA) is 80.4 Å². The van der Waals surface area contributed by atoms with Crippen LogP contribution >= 0.6 is 0 Å². The molecule has 0 bridgehead atoms. The molecule has 0 amide bonds. The zero-order valence-electron chi connectivity index (χ0n) is 25.8. The number of aliphatic hydroxyl groups excluding tert-OH is 1. The SMILES string of the molecule is CCC(CC)C(=O)/C=C(\O)C(CC)CC.Cc1nc2c3cc4ccccc4[c-]c3c3ncnc4c5ccccc5c1n2c34.[Ir]. The summed E-state index contributed by atoms with van der Waals surface area (Å²) in [5.41, 5.74) is 6.00. The third-order valence-electron chi connectivity index (χ3n) is 8.88. The van der Waals surface area contributed by atoms with E-state index < -0.39 is 0 Å². The molecule has 227 valence electrons. The van der Waals surface area contributed by atoms with Gasteiger partial charge in [-0.1, -0.05) is 80.9 Å². The van der Waals surface area contributed by atoms with Crippen LogP contribution < -0.4 is 0 Å². The van der Waals surface area contributed by atoms with Gasteiger partial charge in [-0.05, 0) is 38.0 Å². The molecular weight excluding hydrogens is 725 g/mol. The molecular formula is C37H37IrN4O2-. The first-order valence-corrected chi connectivity index (χ1v) is 15.4. The molecule has 0 fully saturated rings. The van der Waals surface area contributed by atoms with Crippen molar-refractivity contribution in [1.29, 1.82) is 0 Å². The predicted octanol–water partition coefficient (Wildman–Crippen LogP) is 9.30. The average Bonchev–Trinajstić information content (AvgIpc) is 3.39. The third-order valence-corrected chi connectivity index (χ3v) is 8.88. The van der Waals surface area contributed by atoms with Gasteiger partial charge in [0.1, 0.15) is 12.0 Å². The van der Waals surface area contributed by atoms with E-state index in [1.165, 1.54) is 11.5 Å². The van der Waals surface area contributed by atoms with Gasteiger partial charge < -0.3 is 9.51 Å². The zero-order valence-corrected chi connectivity index (χ0v) is 28.2. The summed E-state index contributed by atoms with van der Waals surface area (Å²) in [6.45, 7) is 10.2. The van der Waals surface area contributed by atoms with Crippen LogP contribution in [0, 0.1) is 24.8 Å². The number of aliphatic hydroxyl groups is 1. The van der Waals surface area contributed by atoms with E-state index >= 15 is 0 Å². The number of hydrogen-bond acceptors (Lipinski definition) is 5. The molecule has 0 spiro atoms. The quantitative estimate of drug-likeness (QED) is 0.0576. The number of rotatable bonds is 7. The minimum absolute atomic E-state index is 0. The van der Waals surface area contributed by atoms with Crippen LogP contribution in [-0.4, -0.2) is 30.2 Å². The molecule has 44 heavy (non-hydrogen) atoms. The van der Waals surface area contributed by atoms with Crippen molar-refractivity contribution in [2.75, 3.05) is 0 Å². The number of aryl methyl sites for hydroxylation is 1. The predicted molar refractivity (Wildman–Crippen MR) is 177 cm³/mol. The molecule has 0 unspecified atom stereocenters. The smallest absolute Gasteiger partial charge is 0.162 e. The van der Waals surface area contributed by atoms with Crippen molar-refractivity contribution in [1.82, 2.24) is 19.4 Å². The summed E-state index contributed by atoms with van der Waals surface area (Å²) in [6, 6.07) is 22.5. The Balaban J connectivity index is 0.000000209. The number of imidazole rings is 1. The van der Waals surface area contributed by atoms with Gasteiger partial charge in [0.15, 0.2) is 5.78 Å². The van der Waals surface area contributed by atoms with Crippen LogP contribution in [0.2, 0.25) is 0 Å². The Labute approximate surface area is 270 Å². The fourth-order valence-electron chi connectivity index (χ4n) is 6.42. The van der Waals surface area contributed by atoms with E-state index in [1.54, 1.807) is 6.33 Å². The van der Waals surface area contributed by atoms with Crippen molar-refractivity contribution in [2.45, 2.75) is 60.3 Å². The van der Waals surface area contributed by atoms with E-state index in [4.69, 9.17) is 9.97 Å². The summed E-state index contributed by atoms with van der Waals surface area (Å²) in [7, 11) is 0. The summed E-state index contributed by atoms with van der Waals surface area (Å²) in [6.07, 6.45) is 6.57. The number of allylic oxidation sites excluding steroid dienone is 2. The number of nitrogens with zero attached hydrogens (tertiary/aromatic N) is 4. The second-order valence-corrected chi connectivity index (χ2v) is 11.3. The molecule has 0 aliphatic rings. The minimum Gasteiger partial charge on any atom is -0.512 e. The number of ketones is 1. The van der Waals surface area contributed by atoms with E-state index in [-0.39, 0.29) is 43.5 Å². The van der Waals surface area contributed by atoms with Gasteiger partial charge in [-0.15, -0.1) is 23.6 Å². The van der Waals surface area contributed by atoms with Gasteiger partial charge in [-0.25, -0.2) is 9.97 Å². The largest absolute Gasteiger partial charge is 0.512 e. The Kier molecular flexibility index (Phi) is 9.28. The molecule has 0 saturated heterocycles. The Morgan fingerprint density at radius 2 is 1.50 bits per heavy atom. The van der Waals surface area contributed by atoms with Crippen molar-refractivity contribution in [3.05, 3.63) is 84.5 Å². The van der Waals surface area contributed by atoms with Crippen molar-refractivity contribution < 1.29 is 30.0 Å². The van der Waals surface area contributed by atoms with Gasteiger partial charge in [0.25, 0.3) is 0 Å².